The van der Waals surface area contributed by atoms with Crippen LogP contribution < -0.4 is 10.6 Å². The fourth-order valence-corrected chi connectivity index (χ4v) is 3.86. The van der Waals surface area contributed by atoms with E-state index in [0.717, 1.165) is 25.6 Å². The molecular weight excluding hydrogens is 435 g/mol. The predicted octanol–water partition coefficient (Wildman–Crippen LogP) is 3.67. The maximum atomic E-state index is 4.45. The number of hydrogen-bond acceptors (Lipinski definition) is 2. The normalized spacial score (nSPS) is 23.9. The summed E-state index contributed by atoms with van der Waals surface area (Å²) in [7, 11) is 1.87. The molecule has 2 fully saturated rings. The van der Waals surface area contributed by atoms with Gasteiger partial charge in [-0.3, -0.25) is 9.89 Å². The molecule has 0 amide bonds. The van der Waals surface area contributed by atoms with Crippen LogP contribution in [0, 0.1) is 6.92 Å². The Bertz CT molecular complexity index is 635. The van der Waals surface area contributed by atoms with E-state index >= 15 is 0 Å². The summed E-state index contributed by atoms with van der Waals surface area (Å²) >= 11 is 0. The average Bonchev–Trinajstić information content (AvgIpc) is 3.35. The van der Waals surface area contributed by atoms with E-state index in [2.05, 4.69) is 65.2 Å². The van der Waals surface area contributed by atoms with Crippen LogP contribution in [0.3, 0.4) is 0 Å². The highest BCUT2D eigenvalue weighted by atomic mass is 127. The van der Waals surface area contributed by atoms with Crippen molar-refractivity contribution in [2.45, 2.75) is 51.1 Å². The van der Waals surface area contributed by atoms with Gasteiger partial charge in [-0.1, -0.05) is 36.4 Å². The third kappa shape index (κ3) is 5.71. The smallest absolute Gasteiger partial charge is 0.191 e. The minimum atomic E-state index is 0. The van der Waals surface area contributed by atoms with Gasteiger partial charge in [0.05, 0.1) is 0 Å². The number of benzene rings is 1. The van der Waals surface area contributed by atoms with Gasteiger partial charge in [-0.05, 0) is 44.2 Å². The molecule has 1 aromatic rings. The van der Waals surface area contributed by atoms with Crippen molar-refractivity contribution in [3.63, 3.8) is 0 Å². The minimum absolute atomic E-state index is 0. The van der Waals surface area contributed by atoms with E-state index in [1.807, 2.05) is 7.05 Å². The zero-order valence-corrected chi connectivity index (χ0v) is 18.6. The number of hydrogen-bond donors (Lipinski definition) is 2. The largest absolute Gasteiger partial charge is 0.354 e. The molecule has 2 unspecified atom stereocenters. The average molecular weight is 468 g/mol. The third-order valence-corrected chi connectivity index (χ3v) is 5.35. The van der Waals surface area contributed by atoms with Crippen LogP contribution in [0.15, 0.2) is 41.4 Å². The van der Waals surface area contributed by atoms with Crippen LogP contribution in [0.2, 0.25) is 0 Å². The van der Waals surface area contributed by atoms with Crippen molar-refractivity contribution < 1.29 is 0 Å². The zero-order chi connectivity index (χ0) is 17.8. The Morgan fingerprint density at radius 1 is 1.23 bits per heavy atom. The van der Waals surface area contributed by atoms with E-state index in [4.69, 9.17) is 0 Å². The van der Waals surface area contributed by atoms with Gasteiger partial charge in [-0.25, -0.2) is 0 Å². The molecule has 0 aromatic heterocycles. The van der Waals surface area contributed by atoms with Gasteiger partial charge in [0.2, 0.25) is 0 Å². The van der Waals surface area contributed by atoms with Crippen LogP contribution in [-0.4, -0.2) is 49.6 Å². The summed E-state index contributed by atoms with van der Waals surface area (Å²) < 4.78 is 0. The number of piperidine rings is 1. The van der Waals surface area contributed by atoms with Gasteiger partial charge in [0.15, 0.2) is 5.96 Å². The molecule has 1 saturated carbocycles. The molecule has 2 N–H and O–H groups in total. The van der Waals surface area contributed by atoms with E-state index in [-0.39, 0.29) is 24.0 Å². The number of nitrogens with zero attached hydrogens (tertiary/aromatic N) is 2. The molecule has 0 spiro atoms. The van der Waals surface area contributed by atoms with Crippen molar-refractivity contribution in [2.75, 3.05) is 26.7 Å². The van der Waals surface area contributed by atoms with Crippen LogP contribution in [0.25, 0.3) is 0 Å². The molecule has 26 heavy (non-hydrogen) atoms. The second-order valence-corrected chi connectivity index (χ2v) is 7.67. The Hall–Kier alpha value is -1.08. The molecular formula is C21H33IN4. The fourth-order valence-electron chi connectivity index (χ4n) is 3.86. The number of nitrogens with one attached hydrogen (secondary N) is 2. The lowest BCUT2D eigenvalue weighted by Crippen LogP contribution is -2.49. The summed E-state index contributed by atoms with van der Waals surface area (Å²) in [6, 6.07) is 9.75. The summed E-state index contributed by atoms with van der Waals surface area (Å²) in [5, 5.41) is 7.25. The number of halogens is 1. The predicted molar refractivity (Wildman–Crippen MR) is 122 cm³/mol. The Kier molecular flexibility index (Phi) is 7.95. The number of rotatable bonds is 5. The summed E-state index contributed by atoms with van der Waals surface area (Å²) in [5.41, 5.74) is 4.12. The van der Waals surface area contributed by atoms with Crippen LogP contribution in [0.4, 0.5) is 0 Å². The summed E-state index contributed by atoms with van der Waals surface area (Å²) in [6.07, 6.45) is 3.53. The molecule has 144 valence electrons. The molecule has 1 aromatic carbocycles. The number of aryl methyl sites for hydroxylation is 1. The number of likely N-dealkylation sites (tertiary alicyclic amines) is 1. The van der Waals surface area contributed by atoms with Gasteiger partial charge >= 0.3 is 0 Å². The lowest BCUT2D eigenvalue weighted by molar-refractivity contribution is 0.221. The van der Waals surface area contributed by atoms with Gasteiger partial charge in [-0.2, -0.15) is 0 Å². The van der Waals surface area contributed by atoms with Crippen molar-refractivity contribution in [3.05, 3.63) is 47.5 Å². The summed E-state index contributed by atoms with van der Waals surface area (Å²) in [5.74, 6) is 1.58. The highest BCUT2D eigenvalue weighted by molar-refractivity contribution is 14.0. The quantitative estimate of drug-likeness (QED) is 0.300. The van der Waals surface area contributed by atoms with Gasteiger partial charge < -0.3 is 10.6 Å². The van der Waals surface area contributed by atoms with Crippen molar-refractivity contribution in [1.82, 2.24) is 15.5 Å². The van der Waals surface area contributed by atoms with Gasteiger partial charge in [-0.15, -0.1) is 24.0 Å². The van der Waals surface area contributed by atoms with Crippen LogP contribution in [0.1, 0.15) is 43.2 Å². The molecule has 1 aliphatic heterocycles. The first kappa shape index (κ1) is 21.2. The first-order valence-electron chi connectivity index (χ1n) is 9.49. The summed E-state index contributed by atoms with van der Waals surface area (Å²) in [4.78, 5) is 6.94. The first-order valence-corrected chi connectivity index (χ1v) is 9.49. The van der Waals surface area contributed by atoms with E-state index < -0.39 is 0 Å². The highest BCUT2D eigenvalue weighted by Crippen LogP contribution is 2.42. The molecule has 2 atom stereocenters. The van der Waals surface area contributed by atoms with Crippen LogP contribution in [-0.2, 0) is 0 Å². The second kappa shape index (κ2) is 9.74. The topological polar surface area (TPSA) is 39.7 Å². The number of guanidine groups is 1. The van der Waals surface area contributed by atoms with Crippen molar-refractivity contribution in [3.8, 4) is 0 Å². The standard InChI is InChI=1S/C21H32N4.HI/c1-15(2)14-25-11-9-17(10-12-25)23-21(22-4)24-20-13-19(20)18-8-6-5-7-16(18)3;/h5-8,17,19-20H,1,9-14H2,2-4H3,(H2,22,23,24);1H. The molecule has 1 aliphatic carbocycles. The van der Waals surface area contributed by atoms with Gasteiger partial charge in [0.1, 0.15) is 0 Å². The van der Waals surface area contributed by atoms with Gasteiger partial charge in [0, 0.05) is 44.7 Å². The van der Waals surface area contributed by atoms with Crippen molar-refractivity contribution >= 4 is 29.9 Å². The van der Waals surface area contributed by atoms with E-state index in [1.165, 1.54) is 36.0 Å². The van der Waals surface area contributed by atoms with E-state index in [9.17, 15) is 0 Å². The van der Waals surface area contributed by atoms with Crippen LogP contribution in [0.5, 0.6) is 0 Å². The molecule has 1 heterocycles. The van der Waals surface area contributed by atoms with E-state index in [0.29, 0.717) is 18.0 Å². The Balaban J connectivity index is 0.00000243. The molecule has 4 nitrogen and oxygen atoms in total. The van der Waals surface area contributed by atoms with Crippen molar-refractivity contribution in [2.24, 2.45) is 4.99 Å². The SMILES string of the molecule is C=C(C)CN1CCC(NC(=NC)NC2CC2c2ccccc2C)CC1.I. The summed E-state index contributed by atoms with van der Waals surface area (Å²) in [6.45, 7) is 11.6. The lowest BCUT2D eigenvalue weighted by Gasteiger charge is -2.33. The van der Waals surface area contributed by atoms with E-state index in [1.54, 1.807) is 0 Å². The third-order valence-electron chi connectivity index (χ3n) is 5.35. The monoisotopic (exact) mass is 468 g/mol. The lowest BCUT2D eigenvalue weighted by atomic mass is 10.0. The second-order valence-electron chi connectivity index (χ2n) is 7.67. The molecule has 3 rings (SSSR count). The minimum Gasteiger partial charge on any atom is -0.354 e. The zero-order valence-electron chi connectivity index (χ0n) is 16.3. The first-order chi connectivity index (χ1) is 12.1. The Labute approximate surface area is 175 Å². The van der Waals surface area contributed by atoms with Crippen LogP contribution >= 0.6 is 24.0 Å². The number of aliphatic imine (C=N–C) groups is 1. The maximum Gasteiger partial charge on any atom is 0.191 e. The van der Waals surface area contributed by atoms with Gasteiger partial charge in [0.25, 0.3) is 0 Å². The molecule has 1 saturated heterocycles. The molecule has 2 aliphatic rings. The van der Waals surface area contributed by atoms with Crippen molar-refractivity contribution in [1.29, 1.82) is 0 Å². The highest BCUT2D eigenvalue weighted by Gasteiger charge is 2.39. The molecule has 0 bridgehead atoms. The fraction of sp³-hybridized carbons (Fsp3) is 0.571. The molecule has 0 radical (unpaired) electrons. The molecule has 5 heteroatoms. The Morgan fingerprint density at radius 2 is 1.92 bits per heavy atom. The Morgan fingerprint density at radius 3 is 2.54 bits per heavy atom. The maximum absolute atomic E-state index is 4.45.